The maximum absolute atomic E-state index is 12.9. The van der Waals surface area contributed by atoms with Crippen LogP contribution in [0.5, 0.6) is 5.75 Å². The highest BCUT2D eigenvalue weighted by Gasteiger charge is 2.37. The Morgan fingerprint density at radius 2 is 1.81 bits per heavy atom. The highest BCUT2D eigenvalue weighted by atomic mass is 32.2. The second-order valence-corrected chi connectivity index (χ2v) is 9.21. The van der Waals surface area contributed by atoms with Crippen LogP contribution in [-0.2, 0) is 15.0 Å². The van der Waals surface area contributed by atoms with Crippen molar-refractivity contribution in [3.8, 4) is 5.75 Å². The number of hydrogen-bond acceptors (Lipinski definition) is 4. The van der Waals surface area contributed by atoms with Gasteiger partial charge in [-0.2, -0.15) is 17.0 Å². The minimum absolute atomic E-state index is 0.0512. The Morgan fingerprint density at radius 3 is 2.48 bits per heavy atom. The Hall–Kier alpha value is -1.64. The lowest BCUT2D eigenvalue weighted by Crippen LogP contribution is -2.52. The van der Waals surface area contributed by atoms with Crippen molar-refractivity contribution >= 4 is 21.8 Å². The number of para-hydroxylation sites is 2. The number of ether oxygens (including phenoxy) is 1. The molecule has 2 saturated heterocycles. The number of piperidine rings is 2. The summed E-state index contributed by atoms with van der Waals surface area (Å²) in [5.41, 5.74) is 0.641. The van der Waals surface area contributed by atoms with Crippen LogP contribution < -0.4 is 10.1 Å². The molecule has 0 bridgehead atoms. The van der Waals surface area contributed by atoms with Crippen LogP contribution >= 0.6 is 0 Å². The first kappa shape index (κ1) is 20.1. The summed E-state index contributed by atoms with van der Waals surface area (Å²) >= 11 is 0. The van der Waals surface area contributed by atoms with E-state index in [2.05, 4.69) is 5.32 Å². The Morgan fingerprint density at radius 1 is 1.11 bits per heavy atom. The van der Waals surface area contributed by atoms with E-state index in [-0.39, 0.29) is 17.9 Å². The number of hydrogen-bond donors (Lipinski definition) is 1. The van der Waals surface area contributed by atoms with Gasteiger partial charge in [0.15, 0.2) is 0 Å². The number of carbonyl (C=O) groups is 1. The van der Waals surface area contributed by atoms with E-state index in [1.807, 2.05) is 19.1 Å². The topological polar surface area (TPSA) is 79.0 Å². The molecule has 27 heavy (non-hydrogen) atoms. The summed E-state index contributed by atoms with van der Waals surface area (Å²) in [6, 6.07) is 7.33. The number of nitrogens with one attached hydrogen (secondary N) is 1. The lowest BCUT2D eigenvalue weighted by molar-refractivity contribution is -0.120. The molecule has 1 unspecified atom stereocenters. The molecule has 150 valence electrons. The van der Waals surface area contributed by atoms with Gasteiger partial charge in [0.2, 0.25) is 5.91 Å². The number of carbonyl (C=O) groups excluding carboxylic acids is 1. The van der Waals surface area contributed by atoms with Crippen molar-refractivity contribution in [3.05, 3.63) is 24.3 Å². The summed E-state index contributed by atoms with van der Waals surface area (Å²) in [5, 5.41) is 2.91. The largest absolute Gasteiger partial charge is 0.495 e. The Labute approximate surface area is 161 Å². The molecule has 8 heteroatoms. The van der Waals surface area contributed by atoms with Crippen molar-refractivity contribution in [2.75, 3.05) is 32.1 Å². The first-order valence-corrected chi connectivity index (χ1v) is 11.0. The molecule has 1 aromatic rings. The van der Waals surface area contributed by atoms with Crippen LogP contribution in [0.25, 0.3) is 0 Å². The van der Waals surface area contributed by atoms with E-state index in [1.54, 1.807) is 27.9 Å². The van der Waals surface area contributed by atoms with Crippen LogP contribution in [-0.4, -0.2) is 55.7 Å². The average molecular weight is 396 g/mol. The second kappa shape index (κ2) is 8.58. The first-order valence-electron chi connectivity index (χ1n) is 9.64. The van der Waals surface area contributed by atoms with Crippen LogP contribution in [0.4, 0.5) is 5.69 Å². The number of amides is 1. The highest BCUT2D eigenvalue weighted by molar-refractivity contribution is 7.86. The molecule has 3 rings (SSSR count). The molecule has 2 fully saturated rings. The van der Waals surface area contributed by atoms with Gasteiger partial charge >= 0.3 is 0 Å². The summed E-state index contributed by atoms with van der Waals surface area (Å²) in [7, 11) is -1.87. The molecule has 1 aromatic carbocycles. The van der Waals surface area contributed by atoms with Crippen LogP contribution in [0.2, 0.25) is 0 Å². The Kier molecular flexibility index (Phi) is 6.39. The number of methoxy groups -OCH3 is 1. The minimum Gasteiger partial charge on any atom is -0.495 e. The summed E-state index contributed by atoms with van der Waals surface area (Å²) in [6.07, 6.45) is 3.97. The summed E-state index contributed by atoms with van der Waals surface area (Å²) in [6.45, 7) is 3.34. The molecular formula is C19H29N3O4S. The van der Waals surface area contributed by atoms with Gasteiger partial charge in [0.1, 0.15) is 5.75 Å². The van der Waals surface area contributed by atoms with E-state index in [4.69, 9.17) is 4.74 Å². The molecule has 1 atom stereocenters. The van der Waals surface area contributed by atoms with Crippen LogP contribution in [0.15, 0.2) is 24.3 Å². The molecule has 0 spiro atoms. The van der Waals surface area contributed by atoms with Gasteiger partial charge in [-0.3, -0.25) is 4.79 Å². The molecule has 0 aromatic heterocycles. The second-order valence-electron chi connectivity index (χ2n) is 7.33. The maximum Gasteiger partial charge on any atom is 0.282 e. The minimum atomic E-state index is -3.44. The summed E-state index contributed by atoms with van der Waals surface area (Å²) in [4.78, 5) is 12.6. The molecule has 0 saturated carbocycles. The Balaban J connectivity index is 1.59. The van der Waals surface area contributed by atoms with Gasteiger partial charge in [0.25, 0.3) is 10.2 Å². The van der Waals surface area contributed by atoms with E-state index in [1.165, 1.54) is 0 Å². The van der Waals surface area contributed by atoms with Gasteiger partial charge in [0, 0.05) is 31.6 Å². The third-order valence-electron chi connectivity index (χ3n) is 5.55. The van der Waals surface area contributed by atoms with Gasteiger partial charge in [0.05, 0.1) is 12.8 Å². The standard InChI is InChI=1S/C19H29N3O4S/c1-15-7-5-6-12-22(15)27(24,25)21-13-10-16(11-14-21)19(23)20-17-8-3-4-9-18(17)26-2/h3-4,8-9,15-16H,5-7,10-14H2,1-2H3,(H,20,23). The lowest BCUT2D eigenvalue weighted by atomic mass is 9.97. The number of rotatable bonds is 5. The van der Waals surface area contributed by atoms with Crippen molar-refractivity contribution in [2.45, 2.75) is 45.1 Å². The average Bonchev–Trinajstić information content (AvgIpc) is 2.68. The number of benzene rings is 1. The van der Waals surface area contributed by atoms with E-state index in [0.29, 0.717) is 43.9 Å². The molecule has 7 nitrogen and oxygen atoms in total. The van der Waals surface area contributed by atoms with Crippen LogP contribution in [0.3, 0.4) is 0 Å². The predicted molar refractivity (Wildman–Crippen MR) is 105 cm³/mol. The molecule has 1 amide bonds. The van der Waals surface area contributed by atoms with Gasteiger partial charge in [-0.15, -0.1) is 0 Å². The molecule has 2 aliphatic rings. The molecule has 0 radical (unpaired) electrons. The number of nitrogens with zero attached hydrogens (tertiary/aromatic N) is 2. The maximum atomic E-state index is 12.9. The van der Waals surface area contributed by atoms with E-state index < -0.39 is 10.2 Å². The zero-order valence-electron chi connectivity index (χ0n) is 16.1. The lowest BCUT2D eigenvalue weighted by Gasteiger charge is -2.38. The first-order chi connectivity index (χ1) is 12.9. The predicted octanol–water partition coefficient (Wildman–Crippen LogP) is 2.46. The van der Waals surface area contributed by atoms with Gasteiger partial charge in [-0.05, 0) is 44.7 Å². The zero-order valence-corrected chi connectivity index (χ0v) is 16.9. The van der Waals surface area contributed by atoms with Crippen LogP contribution in [0.1, 0.15) is 39.0 Å². The van der Waals surface area contributed by atoms with E-state index in [0.717, 1.165) is 19.3 Å². The van der Waals surface area contributed by atoms with Crippen molar-refractivity contribution in [1.29, 1.82) is 0 Å². The highest BCUT2D eigenvalue weighted by Crippen LogP contribution is 2.28. The van der Waals surface area contributed by atoms with E-state index >= 15 is 0 Å². The van der Waals surface area contributed by atoms with Crippen molar-refractivity contribution in [3.63, 3.8) is 0 Å². The normalized spacial score (nSPS) is 23.1. The van der Waals surface area contributed by atoms with E-state index in [9.17, 15) is 13.2 Å². The SMILES string of the molecule is COc1ccccc1NC(=O)C1CCN(S(=O)(=O)N2CCCCC2C)CC1. The molecular weight excluding hydrogens is 366 g/mol. The Bertz CT molecular complexity index is 760. The molecule has 1 N–H and O–H groups in total. The molecule has 2 aliphatic heterocycles. The quantitative estimate of drug-likeness (QED) is 0.831. The fourth-order valence-electron chi connectivity index (χ4n) is 3.89. The van der Waals surface area contributed by atoms with Crippen molar-refractivity contribution in [1.82, 2.24) is 8.61 Å². The number of anilines is 1. The van der Waals surface area contributed by atoms with Gasteiger partial charge in [-0.25, -0.2) is 0 Å². The van der Waals surface area contributed by atoms with Gasteiger partial charge < -0.3 is 10.1 Å². The van der Waals surface area contributed by atoms with Crippen molar-refractivity contribution < 1.29 is 17.9 Å². The third kappa shape index (κ3) is 4.44. The molecule has 2 heterocycles. The van der Waals surface area contributed by atoms with Gasteiger partial charge in [-0.1, -0.05) is 18.6 Å². The summed E-state index contributed by atoms with van der Waals surface area (Å²) < 4.78 is 34.3. The zero-order chi connectivity index (χ0) is 19.4. The van der Waals surface area contributed by atoms with Crippen molar-refractivity contribution in [2.24, 2.45) is 5.92 Å². The van der Waals surface area contributed by atoms with Crippen LogP contribution in [0, 0.1) is 5.92 Å². The monoisotopic (exact) mass is 395 g/mol. The third-order valence-corrected chi connectivity index (χ3v) is 7.71. The summed E-state index contributed by atoms with van der Waals surface area (Å²) in [5.74, 6) is 0.341. The fourth-order valence-corrected chi connectivity index (χ4v) is 5.78. The smallest absolute Gasteiger partial charge is 0.282 e. The fraction of sp³-hybridized carbons (Fsp3) is 0.632. The molecule has 0 aliphatic carbocycles.